The Morgan fingerprint density at radius 2 is 1.88 bits per heavy atom. The fourth-order valence-electron chi connectivity index (χ4n) is 2.70. The van der Waals surface area contributed by atoms with Gasteiger partial charge in [-0.2, -0.15) is 4.31 Å². The minimum absolute atomic E-state index is 0.405. The molecule has 1 saturated heterocycles. The Balaban J connectivity index is 1.52. The van der Waals surface area contributed by atoms with Gasteiger partial charge in [-0.3, -0.25) is 0 Å². The van der Waals surface area contributed by atoms with Crippen LogP contribution >= 0.6 is 34.3 Å². The number of thiophene rings is 1. The molecule has 9 heteroatoms. The van der Waals surface area contributed by atoms with E-state index in [9.17, 15) is 8.42 Å². The molecule has 0 aliphatic carbocycles. The number of hydrogen-bond acceptors (Lipinski definition) is 6. The highest BCUT2D eigenvalue weighted by Gasteiger charge is 2.30. The lowest BCUT2D eigenvalue weighted by molar-refractivity contribution is 0.386. The van der Waals surface area contributed by atoms with Crippen LogP contribution in [-0.2, 0) is 10.0 Å². The first-order valence-electron chi connectivity index (χ1n) is 7.39. The zero-order chi connectivity index (χ0) is 16.7. The largest absolute Gasteiger partial charge is 0.345 e. The molecule has 3 aromatic rings. The molecule has 1 aliphatic heterocycles. The van der Waals surface area contributed by atoms with Crippen molar-refractivity contribution < 1.29 is 8.42 Å². The van der Waals surface area contributed by atoms with E-state index >= 15 is 0 Å². The van der Waals surface area contributed by atoms with Gasteiger partial charge in [-0.1, -0.05) is 35.1 Å². The van der Waals surface area contributed by atoms with Crippen LogP contribution in [0.2, 0.25) is 5.02 Å². The van der Waals surface area contributed by atoms with Crippen LogP contribution in [0, 0.1) is 0 Å². The Morgan fingerprint density at radius 3 is 2.54 bits per heavy atom. The van der Waals surface area contributed by atoms with Crippen LogP contribution in [0.4, 0.5) is 5.13 Å². The normalized spacial score (nSPS) is 16.8. The summed E-state index contributed by atoms with van der Waals surface area (Å²) in [7, 11) is -3.37. The third-order valence-corrected chi connectivity index (χ3v) is 8.61. The maximum atomic E-state index is 12.6. The number of rotatable bonds is 3. The van der Waals surface area contributed by atoms with Gasteiger partial charge in [-0.15, -0.1) is 11.3 Å². The first-order valence-corrected chi connectivity index (χ1v) is 10.9. The van der Waals surface area contributed by atoms with Crippen LogP contribution in [0.25, 0.3) is 10.2 Å². The number of para-hydroxylation sites is 1. The highest BCUT2D eigenvalue weighted by atomic mass is 35.5. The van der Waals surface area contributed by atoms with Crippen molar-refractivity contribution >= 4 is 59.6 Å². The molecule has 0 radical (unpaired) electrons. The summed E-state index contributed by atoms with van der Waals surface area (Å²) in [4.78, 5) is 6.75. The Kier molecular flexibility index (Phi) is 4.26. The Hall–Kier alpha value is -1.19. The summed E-state index contributed by atoms with van der Waals surface area (Å²) in [6.07, 6.45) is 0. The van der Waals surface area contributed by atoms with Gasteiger partial charge in [0, 0.05) is 26.2 Å². The number of hydrogen-bond donors (Lipinski definition) is 0. The molecular weight excluding hydrogens is 386 g/mol. The van der Waals surface area contributed by atoms with Crippen LogP contribution in [0.3, 0.4) is 0 Å². The van der Waals surface area contributed by atoms with Crippen LogP contribution < -0.4 is 4.90 Å². The number of benzene rings is 1. The number of sulfonamides is 1. The highest BCUT2D eigenvalue weighted by molar-refractivity contribution is 7.91. The van der Waals surface area contributed by atoms with Gasteiger partial charge in [-0.05, 0) is 23.6 Å². The van der Waals surface area contributed by atoms with Crippen LogP contribution in [0.15, 0.2) is 39.9 Å². The summed E-state index contributed by atoms with van der Waals surface area (Å²) in [5.41, 5.74) is 0.813. The van der Waals surface area contributed by atoms with E-state index in [4.69, 9.17) is 11.6 Å². The summed E-state index contributed by atoms with van der Waals surface area (Å²) in [5.74, 6) is 0. The van der Waals surface area contributed by atoms with Crippen molar-refractivity contribution in [3.63, 3.8) is 0 Å². The number of anilines is 1. The molecule has 0 bridgehead atoms. The van der Waals surface area contributed by atoms with E-state index in [0.29, 0.717) is 35.4 Å². The van der Waals surface area contributed by atoms with Gasteiger partial charge in [0.2, 0.25) is 0 Å². The summed E-state index contributed by atoms with van der Waals surface area (Å²) >= 11 is 9.03. The van der Waals surface area contributed by atoms with Crippen molar-refractivity contribution in [1.29, 1.82) is 0 Å². The molecule has 1 fully saturated rings. The van der Waals surface area contributed by atoms with Crippen molar-refractivity contribution in [3.05, 3.63) is 40.7 Å². The molecule has 0 unspecified atom stereocenters. The molecule has 0 saturated carbocycles. The molecule has 126 valence electrons. The third-order valence-electron chi connectivity index (χ3n) is 3.96. The SMILES string of the molecule is O=S(=O)(c1cccs1)N1CCN(c2nc3c(Cl)cccc3s2)CC1. The van der Waals surface area contributed by atoms with Crippen molar-refractivity contribution in [3.8, 4) is 0 Å². The fraction of sp³-hybridized carbons (Fsp3) is 0.267. The van der Waals surface area contributed by atoms with E-state index in [2.05, 4.69) is 9.88 Å². The molecule has 4 rings (SSSR count). The smallest absolute Gasteiger partial charge is 0.252 e. The summed E-state index contributed by atoms with van der Waals surface area (Å²) < 4.78 is 28.1. The predicted molar refractivity (Wildman–Crippen MR) is 99.9 cm³/mol. The first-order chi connectivity index (χ1) is 11.6. The molecule has 2 aromatic heterocycles. The van der Waals surface area contributed by atoms with E-state index in [0.717, 1.165) is 15.3 Å². The predicted octanol–water partition coefficient (Wildman–Crippen LogP) is 3.52. The van der Waals surface area contributed by atoms with Crippen molar-refractivity contribution in [2.75, 3.05) is 31.1 Å². The summed E-state index contributed by atoms with van der Waals surface area (Å²) in [6, 6.07) is 9.16. The van der Waals surface area contributed by atoms with Gasteiger partial charge < -0.3 is 4.90 Å². The molecular formula is C15H14ClN3O2S3. The van der Waals surface area contributed by atoms with Crippen LogP contribution in [-0.4, -0.2) is 43.9 Å². The lowest BCUT2D eigenvalue weighted by Crippen LogP contribution is -2.48. The highest BCUT2D eigenvalue weighted by Crippen LogP contribution is 2.33. The molecule has 3 heterocycles. The zero-order valence-electron chi connectivity index (χ0n) is 12.6. The number of fused-ring (bicyclic) bond motifs is 1. The monoisotopic (exact) mass is 399 g/mol. The average molecular weight is 400 g/mol. The molecule has 24 heavy (non-hydrogen) atoms. The molecule has 0 amide bonds. The van der Waals surface area contributed by atoms with Crippen LogP contribution in [0.1, 0.15) is 0 Å². The van der Waals surface area contributed by atoms with E-state index < -0.39 is 10.0 Å². The quantitative estimate of drug-likeness (QED) is 0.676. The summed E-state index contributed by atoms with van der Waals surface area (Å²) in [5, 5.41) is 3.33. The standard InChI is InChI=1S/C15H14ClN3O2S3/c16-11-3-1-4-12-14(11)17-15(23-12)18-6-8-19(9-7-18)24(20,21)13-5-2-10-22-13/h1-5,10H,6-9H2. The Labute approximate surface area is 153 Å². The second-order valence-corrected chi connectivity index (χ2v) is 9.94. The Bertz CT molecular complexity index is 961. The van der Waals surface area contributed by atoms with Gasteiger partial charge in [0.1, 0.15) is 9.73 Å². The number of piperazine rings is 1. The molecule has 1 aromatic carbocycles. The van der Waals surface area contributed by atoms with Crippen molar-refractivity contribution in [2.45, 2.75) is 4.21 Å². The lowest BCUT2D eigenvalue weighted by atomic mass is 10.3. The number of nitrogens with zero attached hydrogens (tertiary/aromatic N) is 3. The van der Waals surface area contributed by atoms with Crippen molar-refractivity contribution in [2.24, 2.45) is 0 Å². The lowest BCUT2D eigenvalue weighted by Gasteiger charge is -2.33. The topological polar surface area (TPSA) is 53.5 Å². The minimum atomic E-state index is -3.37. The van der Waals surface area contributed by atoms with Gasteiger partial charge >= 0.3 is 0 Å². The number of halogens is 1. The molecule has 1 aliphatic rings. The van der Waals surface area contributed by atoms with Crippen LogP contribution in [0.5, 0.6) is 0 Å². The van der Waals surface area contributed by atoms with Crippen molar-refractivity contribution in [1.82, 2.24) is 9.29 Å². The second kappa shape index (κ2) is 6.27. The number of aromatic nitrogens is 1. The van der Waals surface area contributed by atoms with Gasteiger partial charge in [0.15, 0.2) is 5.13 Å². The van der Waals surface area contributed by atoms with E-state index in [1.807, 2.05) is 18.2 Å². The number of thiazole rings is 1. The second-order valence-electron chi connectivity index (χ2n) is 5.41. The van der Waals surface area contributed by atoms with Gasteiger partial charge in [0.05, 0.1) is 9.72 Å². The third kappa shape index (κ3) is 2.82. The van der Waals surface area contributed by atoms with Gasteiger partial charge in [-0.25, -0.2) is 13.4 Å². The van der Waals surface area contributed by atoms with E-state index in [1.165, 1.54) is 11.3 Å². The maximum Gasteiger partial charge on any atom is 0.252 e. The molecule has 5 nitrogen and oxygen atoms in total. The first kappa shape index (κ1) is 16.3. The maximum absolute atomic E-state index is 12.6. The zero-order valence-corrected chi connectivity index (χ0v) is 15.8. The Morgan fingerprint density at radius 1 is 1.08 bits per heavy atom. The average Bonchev–Trinajstić information content (AvgIpc) is 3.25. The molecule has 0 spiro atoms. The molecule has 0 atom stereocenters. The van der Waals surface area contributed by atoms with E-state index in [1.54, 1.807) is 33.2 Å². The van der Waals surface area contributed by atoms with Gasteiger partial charge in [0.25, 0.3) is 10.0 Å². The minimum Gasteiger partial charge on any atom is -0.345 e. The molecule has 0 N–H and O–H groups in total. The fourth-order valence-corrected chi connectivity index (χ4v) is 6.58. The van der Waals surface area contributed by atoms with E-state index in [-0.39, 0.29) is 0 Å². The summed E-state index contributed by atoms with van der Waals surface area (Å²) in [6.45, 7) is 2.18.